The van der Waals surface area contributed by atoms with Crippen LogP contribution in [0.5, 0.6) is 0 Å². The van der Waals surface area contributed by atoms with E-state index in [2.05, 4.69) is 29.6 Å². The third kappa shape index (κ3) is 3.73. The Morgan fingerprint density at radius 2 is 1.76 bits per heavy atom. The molecule has 0 bridgehead atoms. The first-order valence-electron chi connectivity index (χ1n) is 8.56. The molecule has 1 amide bonds. The summed E-state index contributed by atoms with van der Waals surface area (Å²) in [6, 6.07) is 17.2. The number of benzene rings is 2. The number of nitrogens with one attached hydrogen (secondary N) is 1. The summed E-state index contributed by atoms with van der Waals surface area (Å²) in [6.45, 7) is 4.11. The number of ether oxygens (including phenoxy) is 1. The van der Waals surface area contributed by atoms with Crippen LogP contribution in [0.4, 0.5) is 0 Å². The predicted molar refractivity (Wildman–Crippen MR) is 95.8 cm³/mol. The van der Waals surface area contributed by atoms with Crippen LogP contribution in [0, 0.1) is 12.3 Å². The first-order valence-corrected chi connectivity index (χ1v) is 8.56. The quantitative estimate of drug-likeness (QED) is 0.651. The van der Waals surface area contributed by atoms with Crippen molar-refractivity contribution in [2.75, 3.05) is 0 Å². The van der Waals surface area contributed by atoms with Crippen molar-refractivity contribution in [2.45, 2.75) is 39.3 Å². The topological polar surface area (TPSA) is 55.4 Å². The number of hydrogen-bond donors (Lipinski definition) is 1. The number of rotatable bonds is 6. The Balaban J connectivity index is 1.58. The highest BCUT2D eigenvalue weighted by molar-refractivity contribution is 6.00. The van der Waals surface area contributed by atoms with Gasteiger partial charge in [-0.1, -0.05) is 60.2 Å². The molecule has 0 aromatic heterocycles. The van der Waals surface area contributed by atoms with Gasteiger partial charge in [-0.25, -0.2) is 4.79 Å². The van der Waals surface area contributed by atoms with Crippen molar-refractivity contribution in [3.63, 3.8) is 0 Å². The van der Waals surface area contributed by atoms with Crippen LogP contribution in [0.3, 0.4) is 0 Å². The van der Waals surface area contributed by atoms with Gasteiger partial charge in [0.1, 0.15) is 12.6 Å². The Hall–Kier alpha value is -2.62. The van der Waals surface area contributed by atoms with Gasteiger partial charge in [-0.2, -0.15) is 0 Å². The van der Waals surface area contributed by atoms with Crippen LogP contribution in [0.25, 0.3) is 0 Å². The SMILES string of the molecule is Cc1ccc(CCC2(C)C(=O)NC2C(=O)OCc2ccccc2)cc1. The molecule has 0 spiro atoms. The van der Waals surface area contributed by atoms with Crippen molar-refractivity contribution in [1.82, 2.24) is 5.32 Å². The van der Waals surface area contributed by atoms with Crippen molar-refractivity contribution < 1.29 is 14.3 Å². The highest BCUT2D eigenvalue weighted by atomic mass is 16.5. The molecule has 1 fully saturated rings. The van der Waals surface area contributed by atoms with Gasteiger partial charge >= 0.3 is 5.97 Å². The minimum Gasteiger partial charge on any atom is -0.459 e. The van der Waals surface area contributed by atoms with Crippen LogP contribution in [0.15, 0.2) is 54.6 Å². The van der Waals surface area contributed by atoms with Gasteiger partial charge in [-0.15, -0.1) is 0 Å². The summed E-state index contributed by atoms with van der Waals surface area (Å²) in [7, 11) is 0. The summed E-state index contributed by atoms with van der Waals surface area (Å²) in [6.07, 6.45) is 1.37. The molecule has 3 rings (SSSR count). The molecule has 130 valence electrons. The normalized spacial score (nSPS) is 22.0. The summed E-state index contributed by atoms with van der Waals surface area (Å²) in [5, 5.41) is 2.70. The predicted octanol–water partition coefficient (Wildman–Crippen LogP) is 3.18. The van der Waals surface area contributed by atoms with Gasteiger partial charge in [0.15, 0.2) is 0 Å². The van der Waals surface area contributed by atoms with E-state index in [-0.39, 0.29) is 18.5 Å². The zero-order valence-electron chi connectivity index (χ0n) is 14.6. The van der Waals surface area contributed by atoms with Crippen LogP contribution >= 0.6 is 0 Å². The van der Waals surface area contributed by atoms with Gasteiger partial charge in [0.25, 0.3) is 0 Å². The maximum atomic E-state index is 12.4. The monoisotopic (exact) mass is 337 g/mol. The second-order valence-electron chi connectivity index (χ2n) is 6.90. The molecule has 25 heavy (non-hydrogen) atoms. The third-order valence-corrected chi connectivity index (χ3v) is 4.94. The lowest BCUT2D eigenvalue weighted by Gasteiger charge is -2.44. The van der Waals surface area contributed by atoms with Crippen molar-refractivity contribution in [3.8, 4) is 0 Å². The molecule has 4 nitrogen and oxygen atoms in total. The Morgan fingerprint density at radius 1 is 1.08 bits per heavy atom. The minimum absolute atomic E-state index is 0.0822. The minimum atomic E-state index is -0.710. The Kier molecular flexibility index (Phi) is 4.88. The number of carbonyl (C=O) groups is 2. The maximum absolute atomic E-state index is 12.4. The molecule has 2 unspecified atom stereocenters. The lowest BCUT2D eigenvalue weighted by molar-refractivity contribution is -0.166. The van der Waals surface area contributed by atoms with Crippen LogP contribution in [-0.2, 0) is 27.4 Å². The van der Waals surface area contributed by atoms with Gasteiger partial charge in [0.05, 0.1) is 5.41 Å². The zero-order valence-corrected chi connectivity index (χ0v) is 14.6. The summed E-state index contributed by atoms with van der Waals surface area (Å²) >= 11 is 0. The molecule has 0 radical (unpaired) electrons. The highest BCUT2D eigenvalue weighted by Crippen LogP contribution is 2.36. The molecule has 0 saturated carbocycles. The molecule has 0 aliphatic carbocycles. The molecule has 1 N–H and O–H groups in total. The van der Waals surface area contributed by atoms with E-state index in [1.807, 2.05) is 44.2 Å². The number of carbonyl (C=O) groups excluding carboxylic acids is 2. The van der Waals surface area contributed by atoms with Crippen molar-refractivity contribution >= 4 is 11.9 Å². The molecule has 1 aliphatic heterocycles. The Labute approximate surface area is 148 Å². The van der Waals surface area contributed by atoms with Crippen LogP contribution in [0.2, 0.25) is 0 Å². The lowest BCUT2D eigenvalue weighted by atomic mass is 9.70. The van der Waals surface area contributed by atoms with Gasteiger partial charge in [-0.3, -0.25) is 4.79 Å². The summed E-state index contributed by atoms with van der Waals surface area (Å²) in [5.41, 5.74) is 2.60. The van der Waals surface area contributed by atoms with E-state index < -0.39 is 11.5 Å². The molecular weight excluding hydrogens is 314 g/mol. The van der Waals surface area contributed by atoms with E-state index in [9.17, 15) is 9.59 Å². The summed E-state index contributed by atoms with van der Waals surface area (Å²) in [4.78, 5) is 24.5. The molecule has 2 aromatic carbocycles. The van der Waals surface area contributed by atoms with Gasteiger partial charge in [0, 0.05) is 0 Å². The smallest absolute Gasteiger partial charge is 0.330 e. The van der Waals surface area contributed by atoms with E-state index in [4.69, 9.17) is 4.74 Å². The average molecular weight is 337 g/mol. The highest BCUT2D eigenvalue weighted by Gasteiger charge is 2.55. The van der Waals surface area contributed by atoms with Crippen molar-refractivity contribution in [2.24, 2.45) is 5.41 Å². The standard InChI is InChI=1S/C21H23NO3/c1-15-8-10-16(11-9-15)12-13-21(2)18(22-20(21)24)19(23)25-14-17-6-4-3-5-7-17/h3-11,18H,12-14H2,1-2H3,(H,22,24). The second kappa shape index (κ2) is 7.09. The molecule has 4 heteroatoms. The number of hydrogen-bond acceptors (Lipinski definition) is 3. The first-order chi connectivity index (χ1) is 12.0. The molecule has 1 heterocycles. The van der Waals surface area contributed by atoms with E-state index in [1.165, 1.54) is 11.1 Å². The largest absolute Gasteiger partial charge is 0.459 e. The molecule has 2 atom stereocenters. The van der Waals surface area contributed by atoms with E-state index in [1.54, 1.807) is 0 Å². The summed E-state index contributed by atoms with van der Waals surface area (Å²) < 4.78 is 5.39. The van der Waals surface area contributed by atoms with Gasteiger partial charge in [-0.05, 0) is 37.8 Å². The fraction of sp³-hybridized carbons (Fsp3) is 0.333. The van der Waals surface area contributed by atoms with Crippen molar-refractivity contribution in [1.29, 1.82) is 0 Å². The lowest BCUT2D eigenvalue weighted by Crippen LogP contribution is -2.69. The Morgan fingerprint density at radius 3 is 2.40 bits per heavy atom. The maximum Gasteiger partial charge on any atom is 0.330 e. The van der Waals surface area contributed by atoms with E-state index >= 15 is 0 Å². The second-order valence-corrected chi connectivity index (χ2v) is 6.90. The van der Waals surface area contributed by atoms with Gasteiger partial charge in [0.2, 0.25) is 5.91 Å². The van der Waals surface area contributed by atoms with Crippen molar-refractivity contribution in [3.05, 3.63) is 71.3 Å². The fourth-order valence-electron chi connectivity index (χ4n) is 3.06. The van der Waals surface area contributed by atoms with Crippen LogP contribution in [-0.4, -0.2) is 17.9 Å². The fourth-order valence-corrected chi connectivity index (χ4v) is 3.06. The molecule has 1 saturated heterocycles. The number of amides is 1. The number of esters is 1. The Bertz CT molecular complexity index is 754. The average Bonchev–Trinajstić information content (AvgIpc) is 2.64. The number of β-lactam (4-membered cyclic amide) rings is 1. The molecule has 1 aliphatic rings. The third-order valence-electron chi connectivity index (χ3n) is 4.94. The van der Waals surface area contributed by atoms with E-state index in [0.29, 0.717) is 6.42 Å². The zero-order chi connectivity index (χ0) is 17.9. The number of aryl methyl sites for hydroxylation is 2. The van der Waals surface area contributed by atoms with E-state index in [0.717, 1.165) is 12.0 Å². The van der Waals surface area contributed by atoms with Gasteiger partial charge < -0.3 is 10.1 Å². The van der Waals surface area contributed by atoms with Crippen LogP contribution < -0.4 is 5.32 Å². The first kappa shape index (κ1) is 17.2. The van der Waals surface area contributed by atoms with Crippen LogP contribution in [0.1, 0.15) is 30.0 Å². The molecular formula is C21H23NO3. The molecule has 2 aromatic rings. The summed E-state index contributed by atoms with van der Waals surface area (Å²) in [5.74, 6) is -0.448.